The molecule has 3 aromatic rings. The van der Waals surface area contributed by atoms with Crippen molar-refractivity contribution >= 4 is 22.3 Å². The van der Waals surface area contributed by atoms with E-state index in [9.17, 15) is 0 Å². The molecule has 4 rings (SSSR count). The lowest BCUT2D eigenvalue weighted by atomic mass is 9.95. The number of imidazole rings is 1. The Hall–Kier alpha value is -2.39. The fourth-order valence-electron chi connectivity index (χ4n) is 3.22. The zero-order valence-electron chi connectivity index (χ0n) is 14.7. The van der Waals surface area contributed by atoms with Gasteiger partial charge in [0.1, 0.15) is 5.01 Å². The van der Waals surface area contributed by atoms with Crippen molar-refractivity contribution in [2.24, 2.45) is 0 Å². The van der Waals surface area contributed by atoms with Crippen LogP contribution in [0.3, 0.4) is 0 Å². The van der Waals surface area contributed by atoms with Crippen molar-refractivity contribution in [3.8, 4) is 0 Å². The van der Waals surface area contributed by atoms with E-state index in [2.05, 4.69) is 47.3 Å². The number of likely N-dealkylation sites (tertiary alicyclic amines) is 1. The molecule has 26 heavy (non-hydrogen) atoms. The van der Waals surface area contributed by atoms with Gasteiger partial charge in [0.25, 0.3) is 0 Å². The van der Waals surface area contributed by atoms with E-state index >= 15 is 0 Å². The van der Waals surface area contributed by atoms with Crippen LogP contribution in [0, 0.1) is 0 Å². The Bertz CT molecular complexity index is 814. The van der Waals surface area contributed by atoms with Crippen LogP contribution in [0.4, 0.5) is 10.9 Å². The van der Waals surface area contributed by atoms with Crippen LogP contribution in [-0.4, -0.2) is 48.1 Å². The minimum absolute atomic E-state index is 0.418. The smallest absolute Gasteiger partial charge is 0.211 e. The number of aromatic nitrogens is 6. The fraction of sp³-hybridized carbons (Fsp3) is 0.471. The maximum Gasteiger partial charge on any atom is 0.211 e. The highest BCUT2D eigenvalue weighted by Gasteiger charge is 2.23. The lowest BCUT2D eigenvalue weighted by molar-refractivity contribution is 0.196. The van der Waals surface area contributed by atoms with Crippen molar-refractivity contribution in [2.45, 2.75) is 38.6 Å². The van der Waals surface area contributed by atoms with Gasteiger partial charge in [0.15, 0.2) is 5.82 Å². The van der Waals surface area contributed by atoms with Crippen LogP contribution in [0.25, 0.3) is 0 Å². The van der Waals surface area contributed by atoms with Gasteiger partial charge in [-0.05, 0) is 25.8 Å². The number of H-pyrrole nitrogens is 1. The summed E-state index contributed by atoms with van der Waals surface area (Å²) in [5.74, 6) is 1.12. The largest absolute Gasteiger partial charge is 0.347 e. The first-order valence-corrected chi connectivity index (χ1v) is 9.72. The van der Waals surface area contributed by atoms with E-state index in [-0.39, 0.29) is 0 Å². The molecule has 1 aliphatic heterocycles. The maximum atomic E-state index is 4.64. The SMILES string of the molecule is CCc1nnc(Nc2cnc(C3CCCN(Cc4cnc[nH]4)C3)cn2)s1. The second-order valence-corrected chi connectivity index (χ2v) is 7.52. The molecule has 1 atom stereocenters. The number of hydrogen-bond donors (Lipinski definition) is 2. The number of hydrogen-bond acceptors (Lipinski definition) is 8. The molecular formula is C17H22N8S. The molecule has 0 radical (unpaired) electrons. The molecule has 0 saturated carbocycles. The first-order chi connectivity index (χ1) is 12.8. The topological polar surface area (TPSA) is 95.5 Å². The molecule has 3 aromatic heterocycles. The molecular weight excluding hydrogens is 348 g/mol. The normalized spacial score (nSPS) is 18.1. The van der Waals surface area contributed by atoms with Gasteiger partial charge in [-0.2, -0.15) is 0 Å². The highest BCUT2D eigenvalue weighted by Crippen LogP contribution is 2.27. The molecule has 8 nitrogen and oxygen atoms in total. The van der Waals surface area contributed by atoms with Crippen molar-refractivity contribution in [1.82, 2.24) is 35.0 Å². The lowest BCUT2D eigenvalue weighted by Gasteiger charge is -2.31. The van der Waals surface area contributed by atoms with E-state index in [4.69, 9.17) is 0 Å². The van der Waals surface area contributed by atoms with Crippen LogP contribution in [0.5, 0.6) is 0 Å². The predicted molar refractivity (Wildman–Crippen MR) is 100 cm³/mol. The Morgan fingerprint density at radius 2 is 2.23 bits per heavy atom. The number of aromatic amines is 1. The molecule has 0 bridgehead atoms. The molecule has 9 heteroatoms. The van der Waals surface area contributed by atoms with E-state index < -0.39 is 0 Å². The number of nitrogens with zero attached hydrogens (tertiary/aromatic N) is 6. The molecule has 1 saturated heterocycles. The summed E-state index contributed by atoms with van der Waals surface area (Å²) in [4.78, 5) is 18.9. The zero-order valence-corrected chi connectivity index (χ0v) is 15.5. The second kappa shape index (κ2) is 7.88. The van der Waals surface area contributed by atoms with Crippen molar-refractivity contribution in [2.75, 3.05) is 18.4 Å². The zero-order chi connectivity index (χ0) is 17.8. The highest BCUT2D eigenvalue weighted by molar-refractivity contribution is 7.15. The number of piperidine rings is 1. The van der Waals surface area contributed by atoms with Crippen LogP contribution >= 0.6 is 11.3 Å². The standard InChI is InChI=1S/C17H22N8S/c1-2-16-23-24-17(26-16)22-15-8-19-14(7-20-15)12-4-3-5-25(9-12)10-13-6-18-11-21-13/h6-8,11-12H,2-5,9-10H2,1H3,(H,18,21)(H,20,22,24). The quantitative estimate of drug-likeness (QED) is 0.689. The monoisotopic (exact) mass is 370 g/mol. The van der Waals surface area contributed by atoms with E-state index in [1.165, 1.54) is 6.42 Å². The van der Waals surface area contributed by atoms with Gasteiger partial charge in [0.2, 0.25) is 5.13 Å². The first kappa shape index (κ1) is 17.0. The molecule has 4 heterocycles. The average Bonchev–Trinajstić information content (AvgIpc) is 3.34. The predicted octanol–water partition coefficient (Wildman–Crippen LogP) is 2.74. The molecule has 1 fully saturated rings. The summed E-state index contributed by atoms with van der Waals surface area (Å²) in [5, 5.41) is 13.2. The number of anilines is 2. The van der Waals surface area contributed by atoms with Crippen LogP contribution in [0.15, 0.2) is 24.9 Å². The molecule has 1 unspecified atom stereocenters. The summed E-state index contributed by atoms with van der Waals surface area (Å²) in [7, 11) is 0. The number of aryl methyl sites for hydroxylation is 1. The summed E-state index contributed by atoms with van der Waals surface area (Å²) in [5.41, 5.74) is 2.20. The Balaban J connectivity index is 1.38. The van der Waals surface area contributed by atoms with Crippen molar-refractivity contribution in [3.63, 3.8) is 0 Å². The van der Waals surface area contributed by atoms with E-state index in [0.717, 1.165) is 54.0 Å². The van der Waals surface area contributed by atoms with Crippen molar-refractivity contribution < 1.29 is 0 Å². The Morgan fingerprint density at radius 1 is 1.27 bits per heavy atom. The minimum atomic E-state index is 0.418. The molecule has 0 spiro atoms. The van der Waals surface area contributed by atoms with Crippen molar-refractivity contribution in [3.05, 3.63) is 41.3 Å². The number of nitrogens with one attached hydrogen (secondary N) is 2. The van der Waals surface area contributed by atoms with Gasteiger partial charge in [-0.1, -0.05) is 18.3 Å². The summed E-state index contributed by atoms with van der Waals surface area (Å²) < 4.78 is 0. The van der Waals surface area contributed by atoms with E-state index in [1.54, 1.807) is 23.9 Å². The van der Waals surface area contributed by atoms with Crippen LogP contribution < -0.4 is 5.32 Å². The minimum Gasteiger partial charge on any atom is -0.347 e. The van der Waals surface area contributed by atoms with Gasteiger partial charge in [0.05, 0.1) is 24.4 Å². The lowest BCUT2D eigenvalue weighted by Crippen LogP contribution is -2.34. The van der Waals surface area contributed by atoms with Gasteiger partial charge in [-0.25, -0.2) is 9.97 Å². The third-order valence-corrected chi connectivity index (χ3v) is 5.53. The highest BCUT2D eigenvalue weighted by atomic mass is 32.1. The van der Waals surface area contributed by atoms with Gasteiger partial charge in [-0.15, -0.1) is 10.2 Å². The molecule has 0 aliphatic carbocycles. The van der Waals surface area contributed by atoms with Crippen LogP contribution in [0.1, 0.15) is 42.1 Å². The molecule has 0 aromatic carbocycles. The van der Waals surface area contributed by atoms with Gasteiger partial charge >= 0.3 is 0 Å². The first-order valence-electron chi connectivity index (χ1n) is 8.91. The summed E-state index contributed by atoms with van der Waals surface area (Å²) in [6.45, 7) is 5.08. The van der Waals surface area contributed by atoms with Gasteiger partial charge in [0, 0.05) is 30.9 Å². The van der Waals surface area contributed by atoms with E-state index in [1.807, 2.05) is 12.4 Å². The molecule has 1 aliphatic rings. The second-order valence-electron chi connectivity index (χ2n) is 6.46. The number of rotatable bonds is 6. The summed E-state index contributed by atoms with van der Waals surface area (Å²) in [6.07, 6.45) is 10.5. The molecule has 136 valence electrons. The van der Waals surface area contributed by atoms with Crippen LogP contribution in [-0.2, 0) is 13.0 Å². The molecule has 0 amide bonds. The fourth-order valence-corrected chi connectivity index (χ4v) is 3.91. The van der Waals surface area contributed by atoms with Crippen LogP contribution in [0.2, 0.25) is 0 Å². The van der Waals surface area contributed by atoms with E-state index in [0.29, 0.717) is 11.7 Å². The maximum absolute atomic E-state index is 4.64. The average molecular weight is 370 g/mol. The Labute approximate surface area is 156 Å². The molecule has 2 N–H and O–H groups in total. The Morgan fingerprint density at radius 3 is 2.96 bits per heavy atom. The van der Waals surface area contributed by atoms with Gasteiger partial charge < -0.3 is 10.3 Å². The van der Waals surface area contributed by atoms with Gasteiger partial charge in [-0.3, -0.25) is 9.88 Å². The Kier molecular flexibility index (Phi) is 5.16. The third-order valence-electron chi connectivity index (χ3n) is 4.55. The summed E-state index contributed by atoms with van der Waals surface area (Å²) in [6, 6.07) is 0. The summed E-state index contributed by atoms with van der Waals surface area (Å²) >= 11 is 1.55. The van der Waals surface area contributed by atoms with Crippen molar-refractivity contribution in [1.29, 1.82) is 0 Å². The third kappa shape index (κ3) is 4.05.